The molecule has 0 aliphatic carbocycles. The largest absolute Gasteiger partial charge is 0.492 e. The quantitative estimate of drug-likeness (QED) is 0.216. The Bertz CT molecular complexity index is 924. The van der Waals surface area contributed by atoms with Crippen LogP contribution in [-0.2, 0) is 11.2 Å². The van der Waals surface area contributed by atoms with Gasteiger partial charge in [0.1, 0.15) is 42.2 Å². The van der Waals surface area contributed by atoms with E-state index in [4.69, 9.17) is 32.5 Å². The van der Waals surface area contributed by atoms with Crippen molar-refractivity contribution in [1.82, 2.24) is 0 Å². The molecule has 1 fully saturated rings. The molecule has 1 heterocycles. The predicted molar refractivity (Wildman–Crippen MR) is 126 cm³/mol. The van der Waals surface area contributed by atoms with Crippen molar-refractivity contribution in [2.45, 2.75) is 36.3 Å². The molecule has 0 bridgehead atoms. The maximum Gasteiger partial charge on any atom is 0.186 e. The molecule has 0 radical (unpaired) electrons. The summed E-state index contributed by atoms with van der Waals surface area (Å²) in [4.78, 5) is 3.87. The van der Waals surface area contributed by atoms with Crippen LogP contribution in [0.1, 0.15) is 22.8 Å². The molecule has 2 aromatic carbocycles. The van der Waals surface area contributed by atoms with E-state index in [0.717, 1.165) is 11.1 Å². The Morgan fingerprint density at radius 3 is 2.47 bits per heavy atom. The van der Waals surface area contributed by atoms with Crippen LogP contribution in [0.5, 0.6) is 5.75 Å². The van der Waals surface area contributed by atoms with Gasteiger partial charge in [0, 0.05) is 5.02 Å². The number of aliphatic imine (C=N–C) groups is 1. The van der Waals surface area contributed by atoms with Crippen molar-refractivity contribution in [3.63, 3.8) is 0 Å². The van der Waals surface area contributed by atoms with Crippen molar-refractivity contribution < 1.29 is 24.8 Å². The smallest absolute Gasteiger partial charge is 0.186 e. The van der Waals surface area contributed by atoms with Gasteiger partial charge in [-0.25, -0.2) is 0 Å². The summed E-state index contributed by atoms with van der Waals surface area (Å²) in [6.07, 6.45) is -2.16. The topological polar surface area (TPSA) is 144 Å². The van der Waals surface area contributed by atoms with Gasteiger partial charge >= 0.3 is 0 Å². The third-order valence-corrected chi connectivity index (χ3v) is 6.40. The number of rotatable bonds is 8. The lowest BCUT2D eigenvalue weighted by Crippen LogP contribution is -2.52. The normalized spacial score (nSPS) is 25.3. The number of ether oxygens (including phenoxy) is 2. The van der Waals surface area contributed by atoms with Crippen molar-refractivity contribution in [1.29, 1.82) is 0 Å². The minimum Gasteiger partial charge on any atom is -0.492 e. The van der Waals surface area contributed by atoms with Crippen LogP contribution in [0.25, 0.3) is 0 Å². The first kappa shape index (κ1) is 24.6. The number of nitrogens with zero attached hydrogens (tertiary/aromatic N) is 1. The summed E-state index contributed by atoms with van der Waals surface area (Å²) in [6.45, 7) is 0.747. The van der Waals surface area contributed by atoms with E-state index in [-0.39, 0.29) is 5.96 Å². The predicted octanol–water partition coefficient (Wildman–Crippen LogP) is 1.43. The first-order valence-electron chi connectivity index (χ1n) is 10.1. The van der Waals surface area contributed by atoms with Gasteiger partial charge in [0.05, 0.1) is 6.54 Å². The summed E-state index contributed by atoms with van der Waals surface area (Å²) >= 11 is 7.69. The number of hydrogen-bond acceptors (Lipinski definition) is 7. The minimum atomic E-state index is -1.30. The fraction of sp³-hybridized carbons (Fsp3) is 0.409. The van der Waals surface area contributed by atoms with E-state index in [2.05, 4.69) is 4.99 Å². The second-order valence-electron chi connectivity index (χ2n) is 7.46. The molecular weight excluding hydrogens is 454 g/mol. The van der Waals surface area contributed by atoms with Crippen LogP contribution in [0.2, 0.25) is 5.02 Å². The Labute approximate surface area is 196 Å². The van der Waals surface area contributed by atoms with Crippen LogP contribution in [-0.4, -0.2) is 64.4 Å². The molecule has 8 nitrogen and oxygen atoms in total. The van der Waals surface area contributed by atoms with Gasteiger partial charge in [-0.1, -0.05) is 35.9 Å². The molecule has 174 valence electrons. The summed E-state index contributed by atoms with van der Waals surface area (Å²) in [6, 6.07) is 13.0. The number of guanidine groups is 1. The van der Waals surface area contributed by atoms with E-state index in [0.29, 0.717) is 35.9 Å². The first-order chi connectivity index (χ1) is 15.3. The zero-order chi connectivity index (χ0) is 23.3. The van der Waals surface area contributed by atoms with Gasteiger partial charge in [0.15, 0.2) is 5.96 Å². The Hall–Kier alpha value is -2.01. The molecule has 0 aromatic heterocycles. The van der Waals surface area contributed by atoms with Gasteiger partial charge in [-0.2, -0.15) is 0 Å². The molecule has 32 heavy (non-hydrogen) atoms. The summed E-state index contributed by atoms with van der Waals surface area (Å²) in [5.74, 6) is 0.734. The summed E-state index contributed by atoms with van der Waals surface area (Å²) < 4.78 is 11.5. The molecule has 7 N–H and O–H groups in total. The van der Waals surface area contributed by atoms with Gasteiger partial charge in [-0.3, -0.25) is 4.99 Å². The zero-order valence-electron chi connectivity index (χ0n) is 17.6. The molecular formula is C22H28ClN3O5S. The van der Waals surface area contributed by atoms with Crippen molar-refractivity contribution in [3.05, 3.63) is 64.2 Å². The second-order valence-corrected chi connectivity index (χ2v) is 8.80. The summed E-state index contributed by atoms with van der Waals surface area (Å²) in [5, 5.41) is 31.3. The van der Waals surface area contributed by atoms with Crippen molar-refractivity contribution >= 4 is 29.3 Å². The molecule has 3 rings (SSSR count). The molecule has 10 heteroatoms. The van der Waals surface area contributed by atoms with Gasteiger partial charge in [-0.05, 0) is 47.6 Å². The Balaban J connectivity index is 1.70. The zero-order valence-corrected chi connectivity index (χ0v) is 19.2. The van der Waals surface area contributed by atoms with Crippen molar-refractivity contribution in [2.75, 3.05) is 19.4 Å². The number of aliphatic hydroxyl groups excluding tert-OH is 3. The highest BCUT2D eigenvalue weighted by molar-refractivity contribution is 7.99. The lowest BCUT2D eigenvalue weighted by molar-refractivity contribution is -0.200. The fourth-order valence-corrected chi connectivity index (χ4v) is 4.34. The third-order valence-electron chi connectivity index (χ3n) is 5.17. The van der Waals surface area contributed by atoms with Crippen LogP contribution in [0.15, 0.2) is 47.5 Å². The van der Waals surface area contributed by atoms with Crippen LogP contribution in [0.3, 0.4) is 0 Å². The molecule has 0 amide bonds. The number of nitrogens with two attached hydrogens (primary N) is 2. The highest BCUT2D eigenvalue weighted by Crippen LogP contribution is 2.37. The van der Waals surface area contributed by atoms with Crippen molar-refractivity contribution in [3.8, 4) is 5.75 Å². The maximum atomic E-state index is 10.5. The minimum absolute atomic E-state index is 0.0314. The number of hydrogen-bond donors (Lipinski definition) is 5. The second kappa shape index (κ2) is 11.2. The molecule has 0 unspecified atom stereocenters. The summed E-state index contributed by atoms with van der Waals surface area (Å²) in [5.41, 5.74) is 12.5. The lowest BCUT2D eigenvalue weighted by Gasteiger charge is -2.40. The Morgan fingerprint density at radius 1 is 1.09 bits per heavy atom. The van der Waals surface area contributed by atoms with Crippen LogP contribution in [0, 0.1) is 0 Å². The van der Waals surface area contributed by atoms with Gasteiger partial charge in [0.2, 0.25) is 0 Å². The van der Waals surface area contributed by atoms with E-state index in [9.17, 15) is 15.3 Å². The van der Waals surface area contributed by atoms with Crippen LogP contribution in [0.4, 0.5) is 0 Å². The number of aliphatic hydroxyl groups is 3. The monoisotopic (exact) mass is 481 g/mol. The molecule has 0 spiro atoms. The standard InChI is InChI=1S/C22H28ClN3O5S/c1-32-21-19(29)17(27)18(28)20(31-21)13-4-7-16(23)14(11-13)10-12-2-5-15(6-3-12)30-9-8-26-22(24)25/h2-7,11,17-21,27-29H,8-10H2,1H3,(H4,24,25,26)/t17-,18-,19+,20+,21-/m1/s1. The highest BCUT2D eigenvalue weighted by atomic mass is 35.5. The summed E-state index contributed by atoms with van der Waals surface area (Å²) in [7, 11) is 0. The maximum absolute atomic E-state index is 10.5. The van der Waals surface area contributed by atoms with E-state index >= 15 is 0 Å². The lowest BCUT2D eigenvalue weighted by atomic mass is 9.92. The van der Waals surface area contributed by atoms with Gasteiger partial charge < -0.3 is 36.3 Å². The Morgan fingerprint density at radius 2 is 1.81 bits per heavy atom. The third kappa shape index (κ3) is 6.06. The van der Waals surface area contributed by atoms with E-state index in [1.165, 1.54) is 11.8 Å². The van der Waals surface area contributed by atoms with Crippen LogP contribution < -0.4 is 16.2 Å². The number of halogens is 1. The van der Waals surface area contributed by atoms with Crippen LogP contribution >= 0.6 is 23.4 Å². The molecule has 0 saturated carbocycles. The first-order valence-corrected chi connectivity index (χ1v) is 11.7. The van der Waals surface area contributed by atoms with Crippen molar-refractivity contribution in [2.24, 2.45) is 16.5 Å². The van der Waals surface area contributed by atoms with E-state index < -0.39 is 29.9 Å². The van der Waals surface area contributed by atoms with Gasteiger partial charge in [0.25, 0.3) is 0 Å². The van der Waals surface area contributed by atoms with E-state index in [1.54, 1.807) is 18.4 Å². The molecule has 5 atom stereocenters. The average molecular weight is 482 g/mol. The SMILES string of the molecule is CS[C@H]1O[C@@H](c2ccc(Cl)c(Cc3ccc(OCCN=C(N)N)cc3)c2)[C@H](O)[C@@H](O)[C@@H]1O. The fourth-order valence-electron chi connectivity index (χ4n) is 3.49. The molecule has 1 aliphatic rings. The number of benzene rings is 2. The highest BCUT2D eigenvalue weighted by Gasteiger charge is 2.44. The average Bonchev–Trinajstić information content (AvgIpc) is 2.78. The van der Waals surface area contributed by atoms with E-state index in [1.807, 2.05) is 30.3 Å². The molecule has 1 saturated heterocycles. The Kier molecular flexibility index (Phi) is 8.64. The number of thioether (sulfide) groups is 1. The molecule has 2 aromatic rings. The van der Waals surface area contributed by atoms with Gasteiger partial charge in [-0.15, -0.1) is 11.8 Å². The molecule has 1 aliphatic heterocycles.